The standard InChI is InChI=1S/C11H23N5O/c1-4-6-10(17-5-2)9(15-12)7-11-13-8-14-16(11)3/h8-10,15H,4-7,12H2,1-3H3. The first-order valence-electron chi connectivity index (χ1n) is 6.13. The zero-order chi connectivity index (χ0) is 12.7. The van der Waals surface area contributed by atoms with Crippen molar-refractivity contribution in [1.82, 2.24) is 20.2 Å². The van der Waals surface area contributed by atoms with Crippen LogP contribution >= 0.6 is 0 Å². The van der Waals surface area contributed by atoms with Crippen molar-refractivity contribution in [3.05, 3.63) is 12.2 Å². The minimum absolute atomic E-state index is 0.0674. The van der Waals surface area contributed by atoms with Crippen molar-refractivity contribution < 1.29 is 4.74 Å². The molecular weight excluding hydrogens is 218 g/mol. The SMILES string of the molecule is CCCC(OCC)C(Cc1ncnn1C)NN. The van der Waals surface area contributed by atoms with Crippen LogP contribution in [0.4, 0.5) is 0 Å². The number of ether oxygens (including phenoxy) is 1. The van der Waals surface area contributed by atoms with Gasteiger partial charge in [0.2, 0.25) is 0 Å². The molecule has 6 nitrogen and oxygen atoms in total. The molecule has 0 aromatic carbocycles. The molecule has 1 rings (SSSR count). The van der Waals surface area contributed by atoms with Gasteiger partial charge in [0, 0.05) is 20.1 Å². The summed E-state index contributed by atoms with van der Waals surface area (Å²) in [4.78, 5) is 4.21. The van der Waals surface area contributed by atoms with Crippen LogP contribution < -0.4 is 11.3 Å². The average Bonchev–Trinajstić information content (AvgIpc) is 2.71. The van der Waals surface area contributed by atoms with E-state index >= 15 is 0 Å². The molecule has 0 fully saturated rings. The highest BCUT2D eigenvalue weighted by Crippen LogP contribution is 2.11. The predicted molar refractivity (Wildman–Crippen MR) is 66.1 cm³/mol. The van der Waals surface area contributed by atoms with E-state index in [1.165, 1.54) is 0 Å². The second-order valence-corrected chi connectivity index (χ2v) is 4.06. The van der Waals surface area contributed by atoms with Gasteiger partial charge in [0.25, 0.3) is 0 Å². The van der Waals surface area contributed by atoms with Crippen LogP contribution in [-0.4, -0.2) is 33.5 Å². The molecule has 0 spiro atoms. The highest BCUT2D eigenvalue weighted by Gasteiger charge is 2.22. The number of hydrazine groups is 1. The first-order chi connectivity index (χ1) is 8.22. The third-order valence-corrected chi connectivity index (χ3v) is 2.82. The van der Waals surface area contributed by atoms with Gasteiger partial charge in [-0.1, -0.05) is 13.3 Å². The molecule has 0 aliphatic rings. The Labute approximate surface area is 103 Å². The molecule has 0 amide bonds. The predicted octanol–water partition coefficient (Wildman–Crippen LogP) is 0.395. The quantitative estimate of drug-likeness (QED) is 0.508. The van der Waals surface area contributed by atoms with Crippen LogP contribution in [0.25, 0.3) is 0 Å². The van der Waals surface area contributed by atoms with Crippen molar-refractivity contribution in [2.24, 2.45) is 12.9 Å². The van der Waals surface area contributed by atoms with E-state index < -0.39 is 0 Å². The van der Waals surface area contributed by atoms with Crippen LogP contribution in [0.3, 0.4) is 0 Å². The van der Waals surface area contributed by atoms with E-state index in [1.807, 2.05) is 14.0 Å². The molecule has 17 heavy (non-hydrogen) atoms. The van der Waals surface area contributed by atoms with Crippen LogP contribution in [0.1, 0.15) is 32.5 Å². The average molecular weight is 241 g/mol. The van der Waals surface area contributed by atoms with Gasteiger partial charge < -0.3 is 4.74 Å². The lowest BCUT2D eigenvalue weighted by Crippen LogP contribution is -2.47. The summed E-state index contributed by atoms with van der Waals surface area (Å²) >= 11 is 0. The summed E-state index contributed by atoms with van der Waals surface area (Å²) in [5, 5.41) is 4.05. The molecule has 2 atom stereocenters. The first kappa shape index (κ1) is 14.1. The molecule has 1 aromatic heterocycles. The Hall–Kier alpha value is -0.980. The summed E-state index contributed by atoms with van der Waals surface area (Å²) in [5.74, 6) is 6.52. The fourth-order valence-electron chi connectivity index (χ4n) is 1.90. The maximum absolute atomic E-state index is 5.72. The van der Waals surface area contributed by atoms with Gasteiger partial charge in [0.05, 0.1) is 12.1 Å². The van der Waals surface area contributed by atoms with Crippen molar-refractivity contribution in [3.8, 4) is 0 Å². The van der Waals surface area contributed by atoms with Crippen LogP contribution in [0.2, 0.25) is 0 Å². The molecule has 3 N–H and O–H groups in total. The largest absolute Gasteiger partial charge is 0.377 e. The smallest absolute Gasteiger partial charge is 0.138 e. The van der Waals surface area contributed by atoms with E-state index in [2.05, 4.69) is 22.4 Å². The van der Waals surface area contributed by atoms with Crippen molar-refractivity contribution in [3.63, 3.8) is 0 Å². The Morgan fingerprint density at radius 1 is 1.53 bits per heavy atom. The molecular formula is C11H23N5O. The second-order valence-electron chi connectivity index (χ2n) is 4.06. The molecule has 0 radical (unpaired) electrons. The number of hydrogen-bond acceptors (Lipinski definition) is 5. The summed E-state index contributed by atoms with van der Waals surface area (Å²) in [6, 6.07) is 0.0674. The summed E-state index contributed by atoms with van der Waals surface area (Å²) < 4.78 is 7.49. The van der Waals surface area contributed by atoms with Gasteiger partial charge in [-0.15, -0.1) is 0 Å². The molecule has 0 bridgehead atoms. The number of hydrogen-bond donors (Lipinski definition) is 2. The monoisotopic (exact) mass is 241 g/mol. The van der Waals surface area contributed by atoms with E-state index in [-0.39, 0.29) is 12.1 Å². The molecule has 1 aromatic rings. The molecule has 0 saturated heterocycles. The Morgan fingerprint density at radius 2 is 2.29 bits per heavy atom. The van der Waals surface area contributed by atoms with E-state index in [4.69, 9.17) is 10.6 Å². The van der Waals surface area contributed by atoms with Crippen LogP contribution in [0.15, 0.2) is 6.33 Å². The highest BCUT2D eigenvalue weighted by molar-refractivity contribution is 4.91. The lowest BCUT2D eigenvalue weighted by Gasteiger charge is -2.25. The van der Waals surface area contributed by atoms with Crippen molar-refractivity contribution in [2.75, 3.05) is 6.61 Å². The number of aryl methyl sites for hydroxylation is 1. The molecule has 2 unspecified atom stereocenters. The van der Waals surface area contributed by atoms with Crippen LogP contribution in [0, 0.1) is 0 Å². The van der Waals surface area contributed by atoms with E-state index in [9.17, 15) is 0 Å². The Kier molecular flexibility index (Phi) is 6.10. The van der Waals surface area contributed by atoms with Gasteiger partial charge in [-0.05, 0) is 13.3 Å². The van der Waals surface area contributed by atoms with E-state index in [0.717, 1.165) is 25.1 Å². The van der Waals surface area contributed by atoms with Crippen molar-refractivity contribution in [2.45, 2.75) is 45.3 Å². The Bertz CT molecular complexity index is 309. The molecule has 0 aliphatic carbocycles. The molecule has 1 heterocycles. The molecule has 0 aliphatic heterocycles. The lowest BCUT2D eigenvalue weighted by atomic mass is 10.0. The number of nitrogens with two attached hydrogens (primary N) is 1. The van der Waals surface area contributed by atoms with E-state index in [1.54, 1.807) is 11.0 Å². The molecule has 6 heteroatoms. The van der Waals surface area contributed by atoms with Gasteiger partial charge in [0.1, 0.15) is 12.2 Å². The maximum atomic E-state index is 5.72. The highest BCUT2D eigenvalue weighted by atomic mass is 16.5. The third-order valence-electron chi connectivity index (χ3n) is 2.82. The minimum Gasteiger partial charge on any atom is -0.377 e. The second kappa shape index (κ2) is 7.37. The summed E-state index contributed by atoms with van der Waals surface area (Å²) in [7, 11) is 1.88. The zero-order valence-corrected chi connectivity index (χ0v) is 10.9. The van der Waals surface area contributed by atoms with E-state index in [0.29, 0.717) is 6.61 Å². The number of nitrogens with zero attached hydrogens (tertiary/aromatic N) is 3. The fourth-order valence-corrected chi connectivity index (χ4v) is 1.90. The molecule has 98 valence electrons. The van der Waals surface area contributed by atoms with Gasteiger partial charge in [-0.3, -0.25) is 16.0 Å². The van der Waals surface area contributed by atoms with Crippen LogP contribution in [-0.2, 0) is 18.2 Å². The normalized spacial score (nSPS) is 14.8. The zero-order valence-electron chi connectivity index (χ0n) is 10.9. The minimum atomic E-state index is 0.0674. The maximum Gasteiger partial charge on any atom is 0.138 e. The van der Waals surface area contributed by atoms with Crippen molar-refractivity contribution in [1.29, 1.82) is 0 Å². The summed E-state index contributed by atoms with van der Waals surface area (Å²) in [6.07, 6.45) is 4.45. The third kappa shape index (κ3) is 4.07. The summed E-state index contributed by atoms with van der Waals surface area (Å²) in [6.45, 7) is 4.84. The van der Waals surface area contributed by atoms with Gasteiger partial charge >= 0.3 is 0 Å². The molecule has 0 saturated carbocycles. The first-order valence-corrected chi connectivity index (χ1v) is 6.13. The summed E-state index contributed by atoms with van der Waals surface area (Å²) in [5.41, 5.74) is 2.83. The van der Waals surface area contributed by atoms with Gasteiger partial charge in [-0.2, -0.15) is 5.10 Å². The fraction of sp³-hybridized carbons (Fsp3) is 0.818. The topological polar surface area (TPSA) is 78.0 Å². The Balaban J connectivity index is 2.64. The van der Waals surface area contributed by atoms with Crippen molar-refractivity contribution >= 4 is 0 Å². The number of rotatable bonds is 8. The van der Waals surface area contributed by atoms with Gasteiger partial charge in [-0.25, -0.2) is 4.98 Å². The Morgan fingerprint density at radius 3 is 2.76 bits per heavy atom. The lowest BCUT2D eigenvalue weighted by molar-refractivity contribution is 0.0275. The number of nitrogens with one attached hydrogen (secondary N) is 1. The van der Waals surface area contributed by atoms with Crippen LogP contribution in [0.5, 0.6) is 0 Å². The number of aromatic nitrogens is 3. The van der Waals surface area contributed by atoms with Gasteiger partial charge in [0.15, 0.2) is 0 Å².